The largest absolute Gasteiger partial charge is 0.353 e. The van der Waals surface area contributed by atoms with Crippen molar-refractivity contribution in [3.8, 4) is 0 Å². The Balaban J connectivity index is 1.90. The van der Waals surface area contributed by atoms with Crippen LogP contribution in [0.15, 0.2) is 0 Å². The monoisotopic (exact) mass is 244 g/mol. The molecule has 0 radical (unpaired) electrons. The average Bonchev–Trinajstić information content (AvgIpc) is 2.28. The van der Waals surface area contributed by atoms with Crippen LogP contribution in [0, 0.1) is 5.92 Å². The van der Waals surface area contributed by atoms with Gasteiger partial charge in [-0.3, -0.25) is 9.59 Å². The number of piperidine rings is 2. The van der Waals surface area contributed by atoms with Crippen LogP contribution < -0.4 is 5.32 Å². The molecule has 2 aliphatic heterocycles. The zero-order valence-corrected chi connectivity index (χ0v) is 10.0. The molecular formula is C11H17ClN2O2. The van der Waals surface area contributed by atoms with Gasteiger partial charge in [-0.2, -0.15) is 0 Å². The normalized spacial score (nSPS) is 29.6. The van der Waals surface area contributed by atoms with Crippen molar-refractivity contribution in [3.63, 3.8) is 0 Å². The number of halogens is 1. The number of rotatable bonds is 2. The highest BCUT2D eigenvalue weighted by atomic mass is 35.5. The Morgan fingerprint density at radius 1 is 1.50 bits per heavy atom. The number of nitrogens with one attached hydrogen (secondary N) is 1. The van der Waals surface area contributed by atoms with Crippen molar-refractivity contribution in [2.24, 2.45) is 5.92 Å². The van der Waals surface area contributed by atoms with Gasteiger partial charge in [0.2, 0.25) is 11.8 Å². The second kappa shape index (κ2) is 5.04. The first kappa shape index (κ1) is 11.7. The van der Waals surface area contributed by atoms with E-state index in [0.717, 1.165) is 25.9 Å². The molecule has 2 atom stereocenters. The Kier molecular flexibility index (Phi) is 3.69. The zero-order valence-electron chi connectivity index (χ0n) is 9.25. The van der Waals surface area contributed by atoms with Gasteiger partial charge in [0.1, 0.15) is 0 Å². The average molecular weight is 245 g/mol. The van der Waals surface area contributed by atoms with E-state index in [-0.39, 0.29) is 17.9 Å². The van der Waals surface area contributed by atoms with Crippen molar-refractivity contribution >= 4 is 23.4 Å². The van der Waals surface area contributed by atoms with Gasteiger partial charge in [0.05, 0.1) is 0 Å². The number of hydrogen-bond donors (Lipinski definition) is 1. The fourth-order valence-electron chi connectivity index (χ4n) is 2.58. The van der Waals surface area contributed by atoms with E-state index in [4.69, 9.17) is 11.6 Å². The summed E-state index contributed by atoms with van der Waals surface area (Å²) in [6.07, 6.45) is 2.80. The Morgan fingerprint density at radius 2 is 2.31 bits per heavy atom. The molecule has 0 spiro atoms. The van der Waals surface area contributed by atoms with Gasteiger partial charge in [-0.15, -0.1) is 11.6 Å². The first-order valence-corrected chi connectivity index (χ1v) is 6.37. The molecule has 2 fully saturated rings. The fourth-order valence-corrected chi connectivity index (χ4v) is 2.74. The second-order valence-corrected chi connectivity index (χ2v) is 4.92. The van der Waals surface area contributed by atoms with E-state index < -0.39 is 0 Å². The molecule has 2 heterocycles. The first-order valence-electron chi connectivity index (χ1n) is 5.84. The molecule has 2 aliphatic rings. The zero-order chi connectivity index (χ0) is 11.5. The minimum Gasteiger partial charge on any atom is -0.353 e. The van der Waals surface area contributed by atoms with Crippen LogP contribution in [0.3, 0.4) is 0 Å². The molecule has 2 saturated heterocycles. The number of alkyl halides is 1. The number of amides is 2. The van der Waals surface area contributed by atoms with Gasteiger partial charge in [-0.25, -0.2) is 0 Å². The number of carbonyl (C=O) groups excluding carboxylic acids is 2. The Hall–Kier alpha value is -0.770. The van der Waals surface area contributed by atoms with Gasteiger partial charge < -0.3 is 10.2 Å². The molecule has 0 aliphatic carbocycles. The van der Waals surface area contributed by atoms with E-state index in [2.05, 4.69) is 5.32 Å². The summed E-state index contributed by atoms with van der Waals surface area (Å²) in [5.74, 6) is 1.12. The van der Waals surface area contributed by atoms with Crippen LogP contribution in [0.4, 0.5) is 0 Å². The van der Waals surface area contributed by atoms with E-state index in [9.17, 15) is 9.59 Å². The van der Waals surface area contributed by atoms with Gasteiger partial charge in [0.25, 0.3) is 0 Å². The standard InChI is InChI=1S/C11H17ClN2O2/c12-5-3-11(16)14-6-4-9-8(7-14)1-2-10(15)13-9/h8-9H,1-7H2,(H,13,15). The smallest absolute Gasteiger partial charge is 0.223 e. The van der Waals surface area contributed by atoms with E-state index in [1.807, 2.05) is 4.90 Å². The van der Waals surface area contributed by atoms with E-state index in [0.29, 0.717) is 24.6 Å². The number of hydrogen-bond acceptors (Lipinski definition) is 2. The van der Waals surface area contributed by atoms with Crippen molar-refractivity contribution in [2.75, 3.05) is 19.0 Å². The molecule has 0 aromatic carbocycles. The van der Waals surface area contributed by atoms with Crippen molar-refractivity contribution < 1.29 is 9.59 Å². The lowest BCUT2D eigenvalue weighted by molar-refractivity contribution is -0.134. The van der Waals surface area contributed by atoms with Crippen LogP contribution in [0.2, 0.25) is 0 Å². The number of likely N-dealkylation sites (tertiary alicyclic amines) is 1. The summed E-state index contributed by atoms with van der Waals surface area (Å²) in [6.45, 7) is 1.53. The lowest BCUT2D eigenvalue weighted by Gasteiger charge is -2.41. The third-order valence-electron chi connectivity index (χ3n) is 3.48. The summed E-state index contributed by atoms with van der Waals surface area (Å²) < 4.78 is 0. The quantitative estimate of drug-likeness (QED) is 0.729. The minimum absolute atomic E-state index is 0.144. The van der Waals surface area contributed by atoms with E-state index in [1.165, 1.54) is 0 Å². The number of nitrogens with zero attached hydrogens (tertiary/aromatic N) is 1. The Labute approximate surface area is 100 Å². The van der Waals surface area contributed by atoms with Crippen LogP contribution in [0.1, 0.15) is 25.7 Å². The molecule has 0 saturated carbocycles. The van der Waals surface area contributed by atoms with Crippen molar-refractivity contribution in [1.82, 2.24) is 10.2 Å². The molecule has 2 amide bonds. The van der Waals surface area contributed by atoms with Crippen molar-refractivity contribution in [3.05, 3.63) is 0 Å². The highest BCUT2D eigenvalue weighted by Crippen LogP contribution is 2.25. The SMILES string of the molecule is O=C1CCC2CN(C(=O)CCCl)CCC2N1. The highest BCUT2D eigenvalue weighted by Gasteiger charge is 2.34. The van der Waals surface area contributed by atoms with Crippen LogP contribution >= 0.6 is 11.6 Å². The third kappa shape index (κ3) is 2.48. The van der Waals surface area contributed by atoms with Gasteiger partial charge in [-0.05, 0) is 18.8 Å². The molecule has 2 rings (SSSR count). The molecule has 90 valence electrons. The van der Waals surface area contributed by atoms with Gasteiger partial charge in [0.15, 0.2) is 0 Å². The summed E-state index contributed by atoms with van der Waals surface area (Å²) >= 11 is 5.57. The Morgan fingerprint density at radius 3 is 3.06 bits per heavy atom. The molecule has 2 unspecified atom stereocenters. The number of carbonyl (C=O) groups is 2. The van der Waals surface area contributed by atoms with Crippen molar-refractivity contribution in [2.45, 2.75) is 31.7 Å². The van der Waals surface area contributed by atoms with Crippen LogP contribution in [-0.4, -0.2) is 41.7 Å². The van der Waals surface area contributed by atoms with Crippen molar-refractivity contribution in [1.29, 1.82) is 0 Å². The van der Waals surface area contributed by atoms with Gasteiger partial charge in [-0.1, -0.05) is 0 Å². The lowest BCUT2D eigenvalue weighted by Crippen LogP contribution is -2.55. The van der Waals surface area contributed by atoms with Crippen LogP contribution in [0.25, 0.3) is 0 Å². The maximum atomic E-state index is 11.7. The minimum atomic E-state index is 0.144. The molecule has 1 N–H and O–H groups in total. The molecule has 5 heteroatoms. The summed E-state index contributed by atoms with van der Waals surface area (Å²) in [4.78, 5) is 24.8. The summed E-state index contributed by atoms with van der Waals surface area (Å²) in [7, 11) is 0. The summed E-state index contributed by atoms with van der Waals surface area (Å²) in [5.41, 5.74) is 0. The van der Waals surface area contributed by atoms with Gasteiger partial charge >= 0.3 is 0 Å². The van der Waals surface area contributed by atoms with Gasteiger partial charge in [0, 0.05) is 37.9 Å². The highest BCUT2D eigenvalue weighted by molar-refractivity contribution is 6.18. The van der Waals surface area contributed by atoms with Crippen LogP contribution in [-0.2, 0) is 9.59 Å². The second-order valence-electron chi connectivity index (χ2n) is 4.54. The maximum absolute atomic E-state index is 11.7. The molecule has 0 aromatic rings. The third-order valence-corrected chi connectivity index (χ3v) is 3.67. The summed E-state index contributed by atoms with van der Waals surface area (Å²) in [5, 5.41) is 3.01. The van der Waals surface area contributed by atoms with E-state index >= 15 is 0 Å². The number of fused-ring (bicyclic) bond motifs is 1. The predicted octanol–water partition coefficient (Wildman–Crippen LogP) is 0.742. The molecular weight excluding hydrogens is 228 g/mol. The maximum Gasteiger partial charge on any atom is 0.223 e. The molecule has 4 nitrogen and oxygen atoms in total. The van der Waals surface area contributed by atoms with Crippen LogP contribution in [0.5, 0.6) is 0 Å². The predicted molar refractivity (Wildman–Crippen MR) is 61.2 cm³/mol. The first-order chi connectivity index (χ1) is 7.70. The molecule has 16 heavy (non-hydrogen) atoms. The topological polar surface area (TPSA) is 49.4 Å². The molecule has 0 aromatic heterocycles. The van der Waals surface area contributed by atoms with E-state index in [1.54, 1.807) is 0 Å². The summed E-state index contributed by atoms with van der Waals surface area (Å²) in [6, 6.07) is 0.279. The molecule has 0 bridgehead atoms. The lowest BCUT2D eigenvalue weighted by atomic mass is 9.85. The Bertz CT molecular complexity index is 296. The fraction of sp³-hybridized carbons (Fsp3) is 0.818.